The van der Waals surface area contributed by atoms with Crippen LogP contribution in [0.1, 0.15) is 6.92 Å². The zero-order valence-corrected chi connectivity index (χ0v) is 11.2. The molecule has 0 saturated carbocycles. The Morgan fingerprint density at radius 2 is 1.82 bits per heavy atom. The normalized spacial score (nSPS) is 36.8. The molecular formula is C7H15NO2U. The predicted octanol–water partition coefficient (Wildman–Crippen LogP) is 0.182. The van der Waals surface area contributed by atoms with Gasteiger partial charge in [0.25, 0.3) is 0 Å². The largest absolute Gasteiger partial charge is 2.00 e. The van der Waals surface area contributed by atoms with Gasteiger partial charge in [-0.05, 0) is 5.92 Å². The van der Waals surface area contributed by atoms with E-state index in [0.717, 1.165) is 0 Å². The first-order chi connectivity index (χ1) is 4.22. The summed E-state index contributed by atoms with van der Waals surface area (Å²) in [4.78, 5) is 0. The molecule has 0 aromatic rings. The molecule has 4 heteroatoms. The Morgan fingerprint density at radius 1 is 1.27 bits per heavy atom. The molecule has 1 aliphatic heterocycles. The zero-order valence-electron chi connectivity index (χ0n) is 6.99. The minimum atomic E-state index is -0.631. The van der Waals surface area contributed by atoms with Crippen LogP contribution in [-0.2, 0) is 0 Å². The summed E-state index contributed by atoms with van der Waals surface area (Å²) >= 11 is 0. The van der Waals surface area contributed by atoms with Gasteiger partial charge in [-0.15, -0.1) is 13.1 Å². The Balaban J connectivity index is 0. The third kappa shape index (κ3) is 3.91. The van der Waals surface area contributed by atoms with Crippen LogP contribution in [0, 0.1) is 44.5 Å². The molecule has 64 valence electrons. The summed E-state index contributed by atoms with van der Waals surface area (Å²) in [5.41, 5.74) is 0. The Kier molecular flexibility index (Phi) is 8.47. The van der Waals surface area contributed by atoms with Crippen LogP contribution in [0.15, 0.2) is 0 Å². The number of rotatable bonds is 0. The van der Waals surface area contributed by atoms with Crippen molar-refractivity contribution >= 4 is 0 Å². The third-order valence-corrected chi connectivity index (χ3v) is 1.71. The fourth-order valence-electron chi connectivity index (χ4n) is 1.01. The molecule has 2 N–H and O–H groups in total. The molecule has 0 aromatic heterocycles. The van der Waals surface area contributed by atoms with Crippen LogP contribution >= 0.6 is 0 Å². The summed E-state index contributed by atoms with van der Waals surface area (Å²) in [5, 5.41) is 22.1. The molecule has 3 nitrogen and oxygen atoms in total. The molecule has 0 radical (unpaired) electrons. The van der Waals surface area contributed by atoms with Crippen molar-refractivity contribution in [3.8, 4) is 0 Å². The second-order valence-corrected chi connectivity index (χ2v) is 2.62. The van der Waals surface area contributed by atoms with E-state index in [1.54, 1.807) is 0 Å². The molecule has 0 aliphatic carbocycles. The molecule has 11 heavy (non-hydrogen) atoms. The predicted molar refractivity (Wildman–Crippen MR) is 40.7 cm³/mol. The Bertz CT molecular complexity index is 92.4. The summed E-state index contributed by atoms with van der Waals surface area (Å²) in [7, 11) is 0. The van der Waals surface area contributed by atoms with Crippen LogP contribution < -0.4 is 0 Å². The van der Waals surface area contributed by atoms with Gasteiger partial charge >= 0.3 is 31.1 Å². The van der Waals surface area contributed by atoms with E-state index in [9.17, 15) is 0 Å². The van der Waals surface area contributed by atoms with Crippen molar-refractivity contribution in [2.45, 2.75) is 19.1 Å². The molecular weight excluding hydrogens is 368 g/mol. The minimum Gasteiger partial charge on any atom is -0.660 e. The smallest absolute Gasteiger partial charge is 0.660 e. The molecule has 0 aromatic carbocycles. The SMILES string of the molecule is C[C@H]1C[N-]C[C@H](O)[C@@H]1O.[CH3-].[U+2]. The van der Waals surface area contributed by atoms with Crippen LogP contribution in [0.2, 0.25) is 0 Å². The van der Waals surface area contributed by atoms with Crippen molar-refractivity contribution in [1.82, 2.24) is 0 Å². The van der Waals surface area contributed by atoms with Crippen molar-refractivity contribution in [3.05, 3.63) is 12.7 Å². The summed E-state index contributed by atoms with van der Waals surface area (Å²) in [6.45, 7) is 2.96. The summed E-state index contributed by atoms with van der Waals surface area (Å²) in [6, 6.07) is 0. The molecule has 3 atom stereocenters. The maximum absolute atomic E-state index is 9.14. The monoisotopic (exact) mass is 383 g/mol. The van der Waals surface area contributed by atoms with Crippen molar-refractivity contribution in [2.24, 2.45) is 5.92 Å². The fourth-order valence-corrected chi connectivity index (χ4v) is 1.01. The number of aliphatic hydroxyl groups is 2. The molecule has 1 aliphatic rings. The van der Waals surface area contributed by atoms with E-state index >= 15 is 0 Å². The molecule has 1 heterocycles. The standard InChI is InChI=1S/C6H12NO2.CH3.U/c1-4-2-7-3-5(8)6(4)9;;/h4-6,8-9H,2-3H2,1H3;1H3;/q2*-1;+2/t4-,5-,6+;;/m0../s1. The van der Waals surface area contributed by atoms with Gasteiger partial charge in [-0.2, -0.15) is 0 Å². The van der Waals surface area contributed by atoms with Crippen LogP contribution in [0.4, 0.5) is 0 Å². The zero-order chi connectivity index (χ0) is 6.85. The first-order valence-electron chi connectivity index (χ1n) is 3.21. The van der Waals surface area contributed by atoms with E-state index in [2.05, 4.69) is 5.32 Å². The van der Waals surface area contributed by atoms with Crippen LogP contribution in [0.5, 0.6) is 0 Å². The van der Waals surface area contributed by atoms with E-state index in [1.807, 2.05) is 6.92 Å². The van der Waals surface area contributed by atoms with Gasteiger partial charge in [0, 0.05) is 0 Å². The topological polar surface area (TPSA) is 54.6 Å². The molecule has 1 saturated heterocycles. The van der Waals surface area contributed by atoms with E-state index < -0.39 is 12.2 Å². The fraction of sp³-hybridized carbons (Fsp3) is 0.857. The Morgan fingerprint density at radius 3 is 2.18 bits per heavy atom. The first-order valence-corrected chi connectivity index (χ1v) is 3.21. The molecule has 1 fully saturated rings. The van der Waals surface area contributed by atoms with Crippen molar-refractivity contribution in [2.75, 3.05) is 13.1 Å². The van der Waals surface area contributed by atoms with Crippen molar-refractivity contribution in [3.63, 3.8) is 0 Å². The minimum absolute atomic E-state index is 0. The summed E-state index contributed by atoms with van der Waals surface area (Å²) in [6.07, 6.45) is -1.20. The second-order valence-electron chi connectivity index (χ2n) is 2.62. The second kappa shape index (κ2) is 6.45. The number of aliphatic hydroxyl groups excluding tert-OH is 2. The van der Waals surface area contributed by atoms with Gasteiger partial charge in [0.1, 0.15) is 0 Å². The maximum atomic E-state index is 9.14. The Labute approximate surface area is 91.9 Å². The number of hydrogen-bond donors (Lipinski definition) is 2. The van der Waals surface area contributed by atoms with Gasteiger partial charge in [0.05, 0.1) is 12.2 Å². The van der Waals surface area contributed by atoms with Crippen LogP contribution in [-0.4, -0.2) is 35.5 Å². The van der Waals surface area contributed by atoms with Gasteiger partial charge in [-0.25, -0.2) is 0 Å². The average Bonchev–Trinajstić information content (AvgIpc) is 1.83. The van der Waals surface area contributed by atoms with Crippen molar-refractivity contribution in [1.29, 1.82) is 0 Å². The van der Waals surface area contributed by atoms with Crippen LogP contribution in [0.3, 0.4) is 0 Å². The van der Waals surface area contributed by atoms with Crippen LogP contribution in [0.25, 0.3) is 5.32 Å². The van der Waals surface area contributed by atoms with Crippen molar-refractivity contribution < 1.29 is 41.3 Å². The number of piperidine rings is 1. The van der Waals surface area contributed by atoms with Gasteiger partial charge < -0.3 is 23.0 Å². The van der Waals surface area contributed by atoms with Gasteiger partial charge in [-0.1, -0.05) is 6.92 Å². The summed E-state index contributed by atoms with van der Waals surface area (Å²) < 4.78 is 0. The van der Waals surface area contributed by atoms with Gasteiger partial charge in [0.2, 0.25) is 0 Å². The average molecular weight is 383 g/mol. The van der Waals surface area contributed by atoms with Gasteiger partial charge in [-0.3, -0.25) is 0 Å². The van der Waals surface area contributed by atoms with E-state index in [1.165, 1.54) is 0 Å². The first kappa shape index (κ1) is 14.5. The van der Waals surface area contributed by atoms with E-state index in [4.69, 9.17) is 10.2 Å². The van der Waals surface area contributed by atoms with Gasteiger partial charge in [0.15, 0.2) is 0 Å². The molecule has 0 bridgehead atoms. The molecule has 0 spiro atoms. The molecule has 1 rings (SSSR count). The number of hydrogen-bond acceptors (Lipinski definition) is 2. The quantitative estimate of drug-likeness (QED) is 0.587. The maximum Gasteiger partial charge on any atom is 2.00 e. The number of nitrogens with zero attached hydrogens (tertiary/aromatic N) is 1. The molecule has 0 amide bonds. The third-order valence-electron chi connectivity index (χ3n) is 1.71. The Hall–Kier alpha value is 0.932. The van der Waals surface area contributed by atoms with E-state index in [0.29, 0.717) is 13.1 Å². The molecule has 0 unspecified atom stereocenters. The summed E-state index contributed by atoms with van der Waals surface area (Å²) in [5.74, 6) is 0.119. The van der Waals surface area contributed by atoms with E-state index in [-0.39, 0.29) is 44.5 Å².